The van der Waals surface area contributed by atoms with Gasteiger partial charge in [-0.1, -0.05) is 0 Å². The summed E-state index contributed by atoms with van der Waals surface area (Å²) in [4.78, 5) is 11.3. The monoisotopic (exact) mass is 322 g/mol. The third kappa shape index (κ3) is 3.46. The van der Waals surface area contributed by atoms with Gasteiger partial charge in [0.25, 0.3) is 0 Å². The lowest BCUT2D eigenvalue weighted by Crippen LogP contribution is -2.29. The van der Waals surface area contributed by atoms with E-state index in [1.807, 2.05) is 6.07 Å². The molecule has 0 saturated carbocycles. The van der Waals surface area contributed by atoms with Crippen molar-refractivity contribution >= 4 is 16.0 Å². The number of rotatable bonds is 5. The summed E-state index contributed by atoms with van der Waals surface area (Å²) < 4.78 is 27.4. The lowest BCUT2D eigenvalue weighted by atomic mass is 9.90. The molecule has 1 aromatic carbocycles. The van der Waals surface area contributed by atoms with Crippen molar-refractivity contribution < 1.29 is 18.3 Å². The lowest BCUT2D eigenvalue weighted by Gasteiger charge is -2.20. The van der Waals surface area contributed by atoms with Gasteiger partial charge in [0.2, 0.25) is 10.0 Å². The fourth-order valence-electron chi connectivity index (χ4n) is 2.55. The number of nitriles is 1. The molecule has 2 rings (SSSR count). The zero-order chi connectivity index (χ0) is 16.3. The van der Waals surface area contributed by atoms with Crippen LogP contribution in [0.25, 0.3) is 0 Å². The number of carbonyl (C=O) groups is 1. The van der Waals surface area contributed by atoms with Crippen molar-refractivity contribution in [3.8, 4) is 6.07 Å². The molecule has 0 amide bonds. The molecule has 6 nitrogen and oxygen atoms in total. The van der Waals surface area contributed by atoms with Crippen LogP contribution in [0.5, 0.6) is 0 Å². The highest BCUT2D eigenvalue weighted by molar-refractivity contribution is 7.89. The standard InChI is InChI=1S/C15H18N2O4S/c1-10(8-16)9-17-22(20,21)14-7-12(15(18)19)6-11-4-2-3-5-13(11)14/h6-7,10,17H,2-5,9H2,1H3,(H,18,19). The number of carboxylic acids is 1. The van der Waals surface area contributed by atoms with E-state index in [4.69, 9.17) is 5.26 Å². The van der Waals surface area contributed by atoms with Gasteiger partial charge in [0, 0.05) is 6.54 Å². The van der Waals surface area contributed by atoms with Crippen LogP contribution in [-0.4, -0.2) is 26.0 Å². The average molecular weight is 322 g/mol. The summed E-state index contributed by atoms with van der Waals surface area (Å²) in [5.74, 6) is -1.59. The van der Waals surface area contributed by atoms with Crippen LogP contribution >= 0.6 is 0 Å². The molecule has 0 heterocycles. The molecule has 0 aromatic heterocycles. The van der Waals surface area contributed by atoms with Crippen LogP contribution < -0.4 is 4.72 Å². The number of sulfonamides is 1. The number of aromatic carboxylic acids is 1. The van der Waals surface area contributed by atoms with Crippen molar-refractivity contribution in [2.75, 3.05) is 6.54 Å². The Labute approximate surface area is 129 Å². The number of carboxylic acid groups (broad SMARTS) is 1. The molecule has 2 N–H and O–H groups in total. The third-order valence-corrected chi connectivity index (χ3v) is 5.25. The fourth-order valence-corrected chi connectivity index (χ4v) is 4.01. The van der Waals surface area contributed by atoms with Gasteiger partial charge < -0.3 is 5.11 Å². The van der Waals surface area contributed by atoms with Crippen molar-refractivity contribution in [1.82, 2.24) is 4.72 Å². The second kappa shape index (κ2) is 6.46. The SMILES string of the molecule is CC(C#N)CNS(=O)(=O)c1cc(C(=O)O)cc2c1CCCC2. The number of nitrogens with one attached hydrogen (secondary N) is 1. The molecule has 7 heteroatoms. The molecule has 0 spiro atoms. The molecule has 22 heavy (non-hydrogen) atoms. The van der Waals surface area contributed by atoms with Crippen molar-refractivity contribution in [1.29, 1.82) is 5.26 Å². The summed E-state index contributed by atoms with van der Waals surface area (Å²) in [6.07, 6.45) is 3.12. The minimum Gasteiger partial charge on any atom is -0.478 e. The molecular formula is C15H18N2O4S. The van der Waals surface area contributed by atoms with Gasteiger partial charge in [0.05, 0.1) is 22.4 Å². The first-order chi connectivity index (χ1) is 10.3. The van der Waals surface area contributed by atoms with E-state index < -0.39 is 21.9 Å². The van der Waals surface area contributed by atoms with Gasteiger partial charge in [-0.2, -0.15) is 5.26 Å². The number of hydrogen-bond donors (Lipinski definition) is 2. The van der Waals surface area contributed by atoms with Crippen LogP contribution in [-0.2, 0) is 22.9 Å². The van der Waals surface area contributed by atoms with Gasteiger partial charge >= 0.3 is 5.97 Å². The first-order valence-corrected chi connectivity index (χ1v) is 8.62. The number of fused-ring (bicyclic) bond motifs is 1. The highest BCUT2D eigenvalue weighted by Gasteiger charge is 2.25. The van der Waals surface area contributed by atoms with Crippen LogP contribution in [0.15, 0.2) is 17.0 Å². The van der Waals surface area contributed by atoms with E-state index in [1.54, 1.807) is 13.0 Å². The van der Waals surface area contributed by atoms with Gasteiger partial charge in [-0.25, -0.2) is 17.9 Å². The normalized spacial score (nSPS) is 15.6. The molecule has 0 fully saturated rings. The number of aryl methyl sites for hydroxylation is 1. The van der Waals surface area contributed by atoms with E-state index >= 15 is 0 Å². The fraction of sp³-hybridized carbons (Fsp3) is 0.467. The van der Waals surface area contributed by atoms with Crippen LogP contribution in [0, 0.1) is 17.2 Å². The molecule has 0 saturated heterocycles. The Balaban J connectivity index is 2.46. The van der Waals surface area contributed by atoms with E-state index in [9.17, 15) is 18.3 Å². The predicted molar refractivity (Wildman–Crippen MR) is 80.0 cm³/mol. The topological polar surface area (TPSA) is 107 Å². The largest absolute Gasteiger partial charge is 0.478 e. The van der Waals surface area contributed by atoms with Gasteiger partial charge in [0.15, 0.2) is 0 Å². The molecule has 0 radical (unpaired) electrons. The van der Waals surface area contributed by atoms with Gasteiger partial charge in [-0.3, -0.25) is 0 Å². The van der Waals surface area contributed by atoms with Crippen molar-refractivity contribution in [3.05, 3.63) is 28.8 Å². The quantitative estimate of drug-likeness (QED) is 0.858. The first-order valence-electron chi connectivity index (χ1n) is 7.13. The highest BCUT2D eigenvalue weighted by atomic mass is 32.2. The Bertz CT molecular complexity index is 735. The van der Waals surface area contributed by atoms with Crippen LogP contribution in [0.3, 0.4) is 0 Å². The molecule has 1 aromatic rings. The Morgan fingerprint density at radius 1 is 1.41 bits per heavy atom. The Kier molecular flexibility index (Phi) is 4.84. The maximum atomic E-state index is 12.5. The van der Waals surface area contributed by atoms with Crippen LogP contribution in [0.1, 0.15) is 41.3 Å². The lowest BCUT2D eigenvalue weighted by molar-refractivity contribution is 0.0696. The predicted octanol–water partition coefficient (Wildman–Crippen LogP) is 1.70. The molecule has 0 aliphatic heterocycles. The Morgan fingerprint density at radius 3 is 2.73 bits per heavy atom. The van der Waals surface area contributed by atoms with E-state index in [2.05, 4.69) is 4.72 Å². The molecule has 118 valence electrons. The smallest absolute Gasteiger partial charge is 0.335 e. The van der Waals surface area contributed by atoms with Crippen molar-refractivity contribution in [2.24, 2.45) is 5.92 Å². The van der Waals surface area contributed by atoms with Crippen LogP contribution in [0.4, 0.5) is 0 Å². The van der Waals surface area contributed by atoms with E-state index in [0.717, 1.165) is 18.4 Å². The summed E-state index contributed by atoms with van der Waals surface area (Å²) >= 11 is 0. The third-order valence-electron chi connectivity index (χ3n) is 3.76. The number of benzene rings is 1. The van der Waals surface area contributed by atoms with E-state index in [1.165, 1.54) is 6.07 Å². The Morgan fingerprint density at radius 2 is 2.09 bits per heavy atom. The van der Waals surface area contributed by atoms with Crippen molar-refractivity contribution in [2.45, 2.75) is 37.5 Å². The van der Waals surface area contributed by atoms with Gasteiger partial charge in [-0.05, 0) is 55.9 Å². The molecular weight excluding hydrogens is 304 g/mol. The second-order valence-corrected chi connectivity index (χ2v) is 7.24. The maximum Gasteiger partial charge on any atom is 0.335 e. The molecule has 0 bridgehead atoms. The summed E-state index contributed by atoms with van der Waals surface area (Å²) in [6, 6.07) is 4.74. The number of nitrogens with zero attached hydrogens (tertiary/aromatic N) is 1. The molecule has 1 aliphatic carbocycles. The van der Waals surface area contributed by atoms with E-state index in [0.29, 0.717) is 18.4 Å². The zero-order valence-electron chi connectivity index (χ0n) is 12.3. The summed E-state index contributed by atoms with van der Waals surface area (Å²) in [6.45, 7) is 1.62. The van der Waals surface area contributed by atoms with E-state index in [-0.39, 0.29) is 17.0 Å². The zero-order valence-corrected chi connectivity index (χ0v) is 13.1. The minimum atomic E-state index is -3.83. The number of hydrogen-bond acceptors (Lipinski definition) is 4. The second-order valence-electron chi connectivity index (χ2n) is 5.51. The summed E-state index contributed by atoms with van der Waals surface area (Å²) in [5, 5.41) is 17.9. The van der Waals surface area contributed by atoms with Crippen molar-refractivity contribution in [3.63, 3.8) is 0 Å². The van der Waals surface area contributed by atoms with Gasteiger partial charge in [-0.15, -0.1) is 0 Å². The molecule has 1 atom stereocenters. The average Bonchev–Trinajstić information content (AvgIpc) is 2.51. The molecule has 1 unspecified atom stereocenters. The van der Waals surface area contributed by atoms with Gasteiger partial charge in [0.1, 0.15) is 0 Å². The molecule has 1 aliphatic rings. The summed E-state index contributed by atoms with van der Waals surface area (Å²) in [5.41, 5.74) is 1.47. The maximum absolute atomic E-state index is 12.5. The highest BCUT2D eigenvalue weighted by Crippen LogP contribution is 2.29. The van der Waals surface area contributed by atoms with Crippen LogP contribution in [0.2, 0.25) is 0 Å². The summed E-state index contributed by atoms with van der Waals surface area (Å²) in [7, 11) is -3.83. The minimum absolute atomic E-state index is 0.00487. The Hall–Kier alpha value is -1.91. The first kappa shape index (κ1) is 16.5.